The van der Waals surface area contributed by atoms with Crippen LogP contribution in [0.3, 0.4) is 0 Å². The van der Waals surface area contributed by atoms with E-state index >= 15 is 0 Å². The Labute approximate surface area is 310 Å². The molecule has 2 atom stereocenters. The van der Waals surface area contributed by atoms with E-state index in [1.165, 1.54) is 118 Å². The van der Waals surface area contributed by atoms with Gasteiger partial charge >= 0.3 is 12.1 Å². The summed E-state index contributed by atoms with van der Waals surface area (Å²) in [4.78, 5) is 33.1. The maximum Gasteiger partial charge on any atom is 0.408 e. The summed E-state index contributed by atoms with van der Waals surface area (Å²) in [5.41, 5.74) is 5.52. The fourth-order valence-corrected chi connectivity index (χ4v) is 5.26. The first-order valence-electron chi connectivity index (χ1n) is 18.4. The van der Waals surface area contributed by atoms with Crippen LogP contribution in [0.15, 0.2) is 36.4 Å². The molecule has 0 aliphatic carbocycles. The summed E-state index contributed by atoms with van der Waals surface area (Å²) in [7, 11) is 0. The predicted octanol–water partition coefficient (Wildman–Crippen LogP) is 5.34. The number of benzene rings is 2. The number of phenols is 4. The Kier molecular flexibility index (Phi) is 22.8. The summed E-state index contributed by atoms with van der Waals surface area (Å²) in [6.07, 6.45) is 10.2. The molecule has 13 nitrogen and oxygen atoms in total. The molecule has 0 radical (unpaired) electrons. The number of hydrogen-bond acceptors (Lipinski definition) is 10. The van der Waals surface area contributed by atoms with Crippen molar-refractivity contribution in [3.8, 4) is 23.0 Å². The minimum absolute atomic E-state index is 0.114. The summed E-state index contributed by atoms with van der Waals surface area (Å²) in [5.74, 6) is -3.78. The Bertz CT molecular complexity index is 1310. The standard InChI is InChI=1S/C16H36N.C14H19NO6.C9H11NO4/c1-5-9-13-17(14-10-6-2,15-11-7-3)16-12-8-4;1-14(2,3)21-13(20)15-9(12(18)19)6-8-4-5-10(16)11(17)7-8;10-6(9(13)14)3-5-1-2-7(11)8(12)4-5/h5-16H2,1-4H3;4-5,7,9,16-17H,6H2,1-3H3,(H,15,20)(H,18,19);1-2,4,6,11-12H,3,10H2,(H,13,14)/q+1;;/p-1/t;9-;6-/m.00/s1. The number of carboxylic acids is 2. The molecule has 2 aromatic rings. The summed E-state index contributed by atoms with van der Waals surface area (Å²) in [6, 6.07) is 5.64. The van der Waals surface area contributed by atoms with E-state index in [9.17, 15) is 29.7 Å². The lowest BCUT2D eigenvalue weighted by Crippen LogP contribution is -2.50. The number of carboxylic acid groups (broad SMARTS) is 2. The largest absolute Gasteiger partial charge is 0.548 e. The normalized spacial score (nSPS) is 12.3. The van der Waals surface area contributed by atoms with Crippen LogP contribution < -0.4 is 16.2 Å². The van der Waals surface area contributed by atoms with E-state index in [4.69, 9.17) is 25.8 Å². The summed E-state index contributed by atoms with van der Waals surface area (Å²) in [6.45, 7) is 20.0. The van der Waals surface area contributed by atoms with E-state index in [0.717, 1.165) is 0 Å². The number of nitrogens with two attached hydrogens (primary N) is 1. The van der Waals surface area contributed by atoms with Crippen molar-refractivity contribution in [3.63, 3.8) is 0 Å². The van der Waals surface area contributed by atoms with E-state index in [2.05, 4.69) is 33.0 Å². The molecule has 8 N–H and O–H groups in total. The molecule has 0 unspecified atom stereocenters. The van der Waals surface area contributed by atoms with E-state index in [1.807, 2.05) is 0 Å². The average molecular weight is 736 g/mol. The highest BCUT2D eigenvalue weighted by Crippen LogP contribution is 2.26. The smallest absolute Gasteiger partial charge is 0.408 e. The number of unbranched alkanes of at least 4 members (excludes halogenated alkanes) is 4. The van der Waals surface area contributed by atoms with Gasteiger partial charge in [-0.15, -0.1) is 0 Å². The topological polar surface area (TPSA) is 223 Å². The highest BCUT2D eigenvalue weighted by atomic mass is 16.6. The third-order valence-corrected chi connectivity index (χ3v) is 8.21. The lowest BCUT2D eigenvalue weighted by molar-refractivity contribution is -0.929. The molecule has 0 spiro atoms. The van der Waals surface area contributed by atoms with Crippen molar-refractivity contribution < 1.29 is 54.2 Å². The zero-order chi connectivity index (χ0) is 39.9. The molecule has 0 aliphatic heterocycles. The molecule has 1 amide bonds. The number of aromatic hydroxyl groups is 4. The highest BCUT2D eigenvalue weighted by molar-refractivity contribution is 5.79. The van der Waals surface area contributed by atoms with Crippen molar-refractivity contribution in [2.75, 3.05) is 26.2 Å². The average Bonchev–Trinajstić information content (AvgIpc) is 3.06. The second-order valence-corrected chi connectivity index (χ2v) is 14.2. The van der Waals surface area contributed by atoms with Gasteiger partial charge in [-0.2, -0.15) is 0 Å². The first-order valence-corrected chi connectivity index (χ1v) is 18.4. The highest BCUT2D eigenvalue weighted by Gasteiger charge is 2.25. The number of carbonyl (C=O) groups is 3. The lowest BCUT2D eigenvalue weighted by Gasteiger charge is -2.39. The molecule has 0 heterocycles. The van der Waals surface area contributed by atoms with Crippen LogP contribution in [0.4, 0.5) is 4.79 Å². The van der Waals surface area contributed by atoms with Crippen molar-refractivity contribution in [3.05, 3.63) is 47.5 Å². The van der Waals surface area contributed by atoms with Crippen molar-refractivity contribution in [2.24, 2.45) is 5.73 Å². The second-order valence-electron chi connectivity index (χ2n) is 14.2. The van der Waals surface area contributed by atoms with Crippen LogP contribution in [-0.2, 0) is 27.2 Å². The molecule has 0 saturated heterocycles. The van der Waals surface area contributed by atoms with Gasteiger partial charge in [0, 0.05) is 0 Å². The van der Waals surface area contributed by atoms with E-state index < -0.39 is 35.7 Å². The van der Waals surface area contributed by atoms with E-state index in [0.29, 0.717) is 11.1 Å². The molecule has 0 aliphatic rings. The maximum atomic E-state index is 11.6. The van der Waals surface area contributed by atoms with E-state index in [-0.39, 0.29) is 35.8 Å². The first kappa shape index (κ1) is 47.8. The zero-order valence-corrected chi connectivity index (χ0v) is 32.3. The van der Waals surface area contributed by atoms with Gasteiger partial charge < -0.3 is 55.7 Å². The minimum atomic E-state index is -1.48. The summed E-state index contributed by atoms with van der Waals surface area (Å²) in [5, 5.41) is 58.4. The number of nitrogens with zero attached hydrogens (tertiary/aromatic N) is 1. The van der Waals surface area contributed by atoms with Gasteiger partial charge in [0.2, 0.25) is 0 Å². The number of nitrogens with one attached hydrogen (secondary N) is 1. The van der Waals surface area contributed by atoms with Crippen LogP contribution in [0, 0.1) is 0 Å². The van der Waals surface area contributed by atoms with Crippen molar-refractivity contribution in [2.45, 2.75) is 130 Å². The zero-order valence-electron chi connectivity index (χ0n) is 32.3. The van der Waals surface area contributed by atoms with Crippen LogP contribution >= 0.6 is 0 Å². The van der Waals surface area contributed by atoms with Crippen LogP contribution in [-0.4, -0.2) is 91.9 Å². The van der Waals surface area contributed by atoms with Gasteiger partial charge in [-0.1, -0.05) is 65.5 Å². The number of quaternary nitrogens is 1. The lowest BCUT2D eigenvalue weighted by atomic mass is 10.1. The summed E-state index contributed by atoms with van der Waals surface area (Å²) < 4.78 is 6.39. The number of amides is 1. The third-order valence-electron chi connectivity index (χ3n) is 8.21. The Morgan fingerprint density at radius 2 is 1.12 bits per heavy atom. The molecule has 0 fully saturated rings. The van der Waals surface area contributed by atoms with Crippen LogP contribution in [0.5, 0.6) is 23.0 Å². The first-order chi connectivity index (χ1) is 24.3. The molecule has 0 aromatic heterocycles. The van der Waals surface area contributed by atoms with Crippen molar-refractivity contribution >= 4 is 18.0 Å². The molecule has 2 rings (SSSR count). The predicted molar refractivity (Wildman–Crippen MR) is 200 cm³/mol. The van der Waals surface area contributed by atoms with Gasteiger partial charge in [0.15, 0.2) is 23.0 Å². The van der Waals surface area contributed by atoms with Crippen molar-refractivity contribution in [1.29, 1.82) is 0 Å². The number of phenolic OH excluding ortho intramolecular Hbond substituents is 4. The van der Waals surface area contributed by atoms with Gasteiger partial charge in [0.25, 0.3) is 0 Å². The van der Waals surface area contributed by atoms with Gasteiger partial charge in [0.05, 0.1) is 38.2 Å². The Morgan fingerprint density at radius 3 is 1.42 bits per heavy atom. The molecule has 0 saturated carbocycles. The van der Waals surface area contributed by atoms with Crippen molar-refractivity contribution in [1.82, 2.24) is 5.32 Å². The fraction of sp³-hybridized carbons (Fsp3) is 0.615. The van der Waals surface area contributed by atoms with Gasteiger partial charge in [-0.05, 0) is 94.7 Å². The van der Waals surface area contributed by atoms with Crippen LogP contribution in [0.2, 0.25) is 0 Å². The molecular weight excluding hydrogens is 670 g/mol. The van der Waals surface area contributed by atoms with Gasteiger partial charge in [-0.3, -0.25) is 4.79 Å². The SMILES string of the molecule is CC(C)(C)OC(=O)N[C@@H](Cc1ccc(O)c(O)c1)C(=O)[O-].CCCC[N+](CCCC)(CCCC)CCCC.N[C@@H](Cc1ccc(O)c(O)c1)C(=O)O. The molecule has 0 bridgehead atoms. The Hall–Kier alpha value is -4.23. The maximum absolute atomic E-state index is 11.6. The number of alkyl carbamates (subject to hydrolysis) is 1. The van der Waals surface area contributed by atoms with Gasteiger partial charge in [-0.25, -0.2) is 4.79 Å². The molecular formula is C39H65N3O10. The Balaban J connectivity index is 0.000000767. The third kappa shape index (κ3) is 20.6. The van der Waals surface area contributed by atoms with Gasteiger partial charge in [0.1, 0.15) is 11.6 Å². The Morgan fingerprint density at radius 1 is 0.731 bits per heavy atom. The number of hydrogen-bond donors (Lipinski definition) is 7. The second kappa shape index (κ2) is 24.9. The number of rotatable bonds is 19. The minimum Gasteiger partial charge on any atom is -0.548 e. The summed E-state index contributed by atoms with van der Waals surface area (Å²) >= 11 is 0. The molecule has 2 aromatic carbocycles. The van der Waals surface area contributed by atoms with E-state index in [1.54, 1.807) is 20.8 Å². The molecule has 13 heteroatoms. The monoisotopic (exact) mass is 735 g/mol. The van der Waals surface area contributed by atoms with Crippen LogP contribution in [0.1, 0.15) is 111 Å². The van der Waals surface area contributed by atoms with Crippen LogP contribution in [0.25, 0.3) is 0 Å². The molecule has 52 heavy (non-hydrogen) atoms. The fourth-order valence-electron chi connectivity index (χ4n) is 5.26. The number of carbonyl (C=O) groups excluding carboxylic acids is 2. The quantitative estimate of drug-likeness (QED) is 0.0721. The molecule has 296 valence electrons. The number of ether oxygens (including phenoxy) is 1. The number of aliphatic carboxylic acids is 2.